The molecule has 0 bridgehead atoms. The molecule has 1 aromatic heterocycles. The zero-order chi connectivity index (χ0) is 21.6. The van der Waals surface area contributed by atoms with Gasteiger partial charge in [-0.3, -0.25) is 4.79 Å². The second kappa shape index (κ2) is 9.55. The highest BCUT2D eigenvalue weighted by atomic mass is 35.5. The van der Waals surface area contributed by atoms with Gasteiger partial charge in [0.15, 0.2) is 5.69 Å². The zero-order valence-electron chi connectivity index (χ0n) is 16.6. The van der Waals surface area contributed by atoms with Crippen molar-refractivity contribution in [3.8, 4) is 5.69 Å². The third kappa shape index (κ3) is 4.66. The monoisotopic (exact) mass is 432 g/mol. The highest BCUT2D eigenvalue weighted by Gasteiger charge is 2.21. The fraction of sp³-hybridized carbons (Fsp3) is 0.125. The molecule has 1 heterocycles. The fourth-order valence-electron chi connectivity index (χ4n) is 3.42. The largest absolute Gasteiger partial charge is 0.390 e. The third-order valence-electron chi connectivity index (χ3n) is 4.99. The molecule has 0 atom stereocenters. The summed E-state index contributed by atoms with van der Waals surface area (Å²) < 4.78 is 0. The van der Waals surface area contributed by atoms with E-state index < -0.39 is 12.5 Å². The number of carbonyl (C=O) groups is 1. The molecular weight excluding hydrogens is 412 g/mol. The number of hydrogen-bond donors (Lipinski definition) is 2. The van der Waals surface area contributed by atoms with Crippen molar-refractivity contribution in [2.45, 2.75) is 12.5 Å². The molecule has 0 unspecified atom stereocenters. The molecule has 0 aliphatic rings. The van der Waals surface area contributed by atoms with E-state index in [-0.39, 0.29) is 17.3 Å². The average molecular weight is 433 g/mol. The summed E-state index contributed by atoms with van der Waals surface area (Å²) in [6.45, 7) is -0.0370. The zero-order valence-corrected chi connectivity index (χ0v) is 17.4. The average Bonchev–Trinajstić information content (AvgIpc) is 3.25. The van der Waals surface area contributed by atoms with Crippen molar-refractivity contribution in [3.63, 3.8) is 0 Å². The Morgan fingerprint density at radius 3 is 2.06 bits per heavy atom. The molecule has 2 N–H and O–H groups in total. The Morgan fingerprint density at radius 2 is 1.48 bits per heavy atom. The van der Waals surface area contributed by atoms with Gasteiger partial charge in [-0.25, -0.2) is 0 Å². The number of rotatable bonds is 7. The van der Waals surface area contributed by atoms with Crippen molar-refractivity contribution < 1.29 is 9.90 Å². The molecular formula is C24H21ClN4O2. The van der Waals surface area contributed by atoms with E-state index in [9.17, 15) is 9.90 Å². The minimum atomic E-state index is -0.409. The number of halogens is 1. The number of amides is 1. The van der Waals surface area contributed by atoms with Gasteiger partial charge in [0, 0.05) is 12.5 Å². The first kappa shape index (κ1) is 20.8. The molecule has 0 saturated carbocycles. The summed E-state index contributed by atoms with van der Waals surface area (Å²) in [7, 11) is 0. The molecule has 3 aromatic carbocycles. The van der Waals surface area contributed by atoms with E-state index in [0.29, 0.717) is 17.3 Å². The normalized spacial score (nSPS) is 10.9. The SMILES string of the molecule is O=C(NCC(c1ccccc1)c1ccccc1)c1nn(-c2ccccc2Cl)nc1CO. The Bertz CT molecular complexity index is 1120. The van der Waals surface area contributed by atoms with Gasteiger partial charge in [0.2, 0.25) is 0 Å². The molecule has 0 aliphatic carbocycles. The number of aromatic nitrogens is 3. The molecule has 0 fully saturated rings. The fourth-order valence-corrected chi connectivity index (χ4v) is 3.63. The lowest BCUT2D eigenvalue weighted by molar-refractivity contribution is 0.0944. The van der Waals surface area contributed by atoms with Crippen LogP contribution in [0.25, 0.3) is 5.69 Å². The predicted octanol–water partition coefficient (Wildman–Crippen LogP) is 3.97. The van der Waals surface area contributed by atoms with E-state index in [1.54, 1.807) is 24.3 Å². The Hall–Kier alpha value is -3.48. The van der Waals surface area contributed by atoms with Gasteiger partial charge in [0.1, 0.15) is 11.4 Å². The van der Waals surface area contributed by atoms with Crippen LogP contribution in [0, 0.1) is 0 Å². The van der Waals surface area contributed by atoms with Crippen molar-refractivity contribution >= 4 is 17.5 Å². The van der Waals surface area contributed by atoms with Crippen molar-refractivity contribution in [1.29, 1.82) is 0 Å². The summed E-state index contributed by atoms with van der Waals surface area (Å²) in [6.07, 6.45) is 0. The highest BCUT2D eigenvalue weighted by molar-refractivity contribution is 6.32. The molecule has 156 valence electrons. The van der Waals surface area contributed by atoms with Crippen LogP contribution in [0.3, 0.4) is 0 Å². The van der Waals surface area contributed by atoms with Gasteiger partial charge in [-0.15, -0.1) is 15.0 Å². The molecule has 0 aliphatic heterocycles. The Labute approximate surface area is 185 Å². The van der Waals surface area contributed by atoms with Crippen LogP contribution < -0.4 is 5.32 Å². The number of aliphatic hydroxyl groups excluding tert-OH is 1. The molecule has 0 spiro atoms. The van der Waals surface area contributed by atoms with Crippen LogP contribution in [0.4, 0.5) is 0 Å². The first-order chi connectivity index (χ1) is 15.2. The first-order valence-corrected chi connectivity index (χ1v) is 10.2. The van der Waals surface area contributed by atoms with Crippen LogP contribution in [0.15, 0.2) is 84.9 Å². The summed E-state index contributed by atoms with van der Waals surface area (Å²) in [4.78, 5) is 14.2. The van der Waals surface area contributed by atoms with Gasteiger partial charge in [-0.05, 0) is 23.3 Å². The standard InChI is InChI=1S/C24H21ClN4O2/c25-20-13-7-8-14-22(20)29-27-21(16-30)23(28-29)24(31)26-15-19(17-9-3-1-4-10-17)18-11-5-2-6-12-18/h1-14,19,30H,15-16H2,(H,26,31). The minimum Gasteiger partial charge on any atom is -0.390 e. The number of aliphatic hydroxyl groups is 1. The van der Waals surface area contributed by atoms with Gasteiger partial charge in [-0.1, -0.05) is 84.4 Å². The van der Waals surface area contributed by atoms with Crippen LogP contribution in [0.5, 0.6) is 0 Å². The van der Waals surface area contributed by atoms with Crippen LogP contribution in [0.2, 0.25) is 5.02 Å². The van der Waals surface area contributed by atoms with Crippen molar-refractivity contribution in [1.82, 2.24) is 20.3 Å². The quantitative estimate of drug-likeness (QED) is 0.463. The number of carbonyl (C=O) groups excluding carboxylic acids is 1. The summed E-state index contributed by atoms with van der Waals surface area (Å²) in [5.41, 5.74) is 2.98. The van der Waals surface area contributed by atoms with Gasteiger partial charge in [-0.2, -0.15) is 0 Å². The van der Waals surface area contributed by atoms with Crippen molar-refractivity contribution in [2.24, 2.45) is 0 Å². The molecule has 0 radical (unpaired) electrons. The van der Waals surface area contributed by atoms with E-state index in [4.69, 9.17) is 11.6 Å². The molecule has 4 rings (SSSR count). The lowest BCUT2D eigenvalue weighted by atomic mass is 9.91. The maximum atomic E-state index is 13.0. The topological polar surface area (TPSA) is 80.0 Å². The predicted molar refractivity (Wildman–Crippen MR) is 119 cm³/mol. The second-order valence-corrected chi connectivity index (χ2v) is 7.39. The summed E-state index contributed by atoms with van der Waals surface area (Å²) in [6, 6.07) is 27.0. The third-order valence-corrected chi connectivity index (χ3v) is 5.31. The number of nitrogens with one attached hydrogen (secondary N) is 1. The van der Waals surface area contributed by atoms with Crippen LogP contribution >= 0.6 is 11.6 Å². The number of para-hydroxylation sites is 1. The van der Waals surface area contributed by atoms with E-state index in [0.717, 1.165) is 11.1 Å². The molecule has 0 saturated heterocycles. The van der Waals surface area contributed by atoms with E-state index >= 15 is 0 Å². The molecule has 7 heteroatoms. The van der Waals surface area contributed by atoms with E-state index in [1.807, 2.05) is 60.7 Å². The minimum absolute atomic E-state index is 0.0254. The summed E-state index contributed by atoms with van der Waals surface area (Å²) in [5, 5.41) is 21.6. The van der Waals surface area contributed by atoms with Crippen LogP contribution in [-0.4, -0.2) is 32.6 Å². The van der Waals surface area contributed by atoms with Crippen molar-refractivity contribution in [2.75, 3.05) is 6.54 Å². The van der Waals surface area contributed by atoms with Crippen LogP contribution in [-0.2, 0) is 6.61 Å². The molecule has 1 amide bonds. The maximum Gasteiger partial charge on any atom is 0.273 e. The summed E-state index contributed by atoms with van der Waals surface area (Å²) in [5.74, 6) is -0.429. The van der Waals surface area contributed by atoms with Crippen molar-refractivity contribution in [3.05, 3.63) is 112 Å². The van der Waals surface area contributed by atoms with Gasteiger partial charge in [0.25, 0.3) is 5.91 Å². The smallest absolute Gasteiger partial charge is 0.273 e. The lowest BCUT2D eigenvalue weighted by Gasteiger charge is -2.18. The first-order valence-electron chi connectivity index (χ1n) is 9.87. The summed E-state index contributed by atoms with van der Waals surface area (Å²) >= 11 is 6.22. The van der Waals surface area contributed by atoms with E-state index in [1.165, 1.54) is 4.80 Å². The Balaban J connectivity index is 1.58. The lowest BCUT2D eigenvalue weighted by Crippen LogP contribution is -2.30. The Kier molecular flexibility index (Phi) is 6.40. The second-order valence-electron chi connectivity index (χ2n) is 6.98. The number of hydrogen-bond acceptors (Lipinski definition) is 4. The molecule has 4 aromatic rings. The number of nitrogens with zero attached hydrogens (tertiary/aromatic N) is 3. The highest BCUT2D eigenvalue weighted by Crippen LogP contribution is 2.24. The molecule has 31 heavy (non-hydrogen) atoms. The van der Waals surface area contributed by atoms with Crippen LogP contribution in [0.1, 0.15) is 33.2 Å². The number of benzene rings is 3. The van der Waals surface area contributed by atoms with E-state index in [2.05, 4.69) is 15.5 Å². The molecule has 6 nitrogen and oxygen atoms in total. The van der Waals surface area contributed by atoms with Gasteiger partial charge < -0.3 is 10.4 Å². The Morgan fingerprint density at radius 1 is 0.903 bits per heavy atom. The van der Waals surface area contributed by atoms with Gasteiger partial charge >= 0.3 is 0 Å². The van der Waals surface area contributed by atoms with Gasteiger partial charge in [0.05, 0.1) is 11.6 Å². The maximum absolute atomic E-state index is 13.0.